The molecular formula is C54H105NO3. The van der Waals surface area contributed by atoms with Crippen molar-refractivity contribution in [3.63, 3.8) is 0 Å². The van der Waals surface area contributed by atoms with Gasteiger partial charge in [-0.3, -0.25) is 4.79 Å². The Bertz CT molecular complexity index is 840. The molecule has 0 aromatic heterocycles. The smallest absolute Gasteiger partial charge is 0.220 e. The van der Waals surface area contributed by atoms with Crippen molar-refractivity contribution in [2.24, 2.45) is 0 Å². The highest BCUT2D eigenvalue weighted by Crippen LogP contribution is 2.17. The standard InChI is InChI=1S/C54H105NO3/c1-3-5-7-9-11-13-15-17-19-20-21-22-23-24-25-26-27-28-29-30-31-32-33-34-36-38-40-42-44-46-48-50-54(58)55-52(51-56)53(57)49-47-45-43-41-39-37-35-18-16-14-12-10-8-6-4-2/h15,17,20-21,52-53,56-57H,3-14,16,18-19,22-51H2,1-2H3,(H,55,58)/b17-15-,21-20-. The Morgan fingerprint density at radius 2 is 0.707 bits per heavy atom. The van der Waals surface area contributed by atoms with E-state index in [0.29, 0.717) is 12.8 Å². The molecule has 0 aliphatic carbocycles. The highest BCUT2D eigenvalue weighted by molar-refractivity contribution is 5.76. The van der Waals surface area contributed by atoms with Crippen LogP contribution in [0.1, 0.15) is 296 Å². The summed E-state index contributed by atoms with van der Waals surface area (Å²) in [4.78, 5) is 12.5. The second-order valence-corrected chi connectivity index (χ2v) is 18.3. The fourth-order valence-corrected chi connectivity index (χ4v) is 8.39. The van der Waals surface area contributed by atoms with Crippen LogP contribution in [-0.2, 0) is 4.79 Å². The van der Waals surface area contributed by atoms with E-state index in [9.17, 15) is 15.0 Å². The van der Waals surface area contributed by atoms with Crippen LogP contribution in [0.15, 0.2) is 24.3 Å². The molecule has 4 heteroatoms. The van der Waals surface area contributed by atoms with Crippen molar-refractivity contribution < 1.29 is 15.0 Å². The number of aliphatic hydroxyl groups is 2. The molecule has 0 aromatic carbocycles. The van der Waals surface area contributed by atoms with Crippen molar-refractivity contribution >= 4 is 5.91 Å². The first-order chi connectivity index (χ1) is 28.7. The third-order valence-corrected chi connectivity index (χ3v) is 12.5. The third kappa shape index (κ3) is 45.9. The quantitative estimate of drug-likeness (QED) is 0.0423. The largest absolute Gasteiger partial charge is 0.394 e. The molecule has 2 atom stereocenters. The van der Waals surface area contributed by atoms with Gasteiger partial charge in [0.15, 0.2) is 0 Å². The van der Waals surface area contributed by atoms with E-state index in [1.54, 1.807) is 0 Å². The summed E-state index contributed by atoms with van der Waals surface area (Å²) in [5.74, 6) is -0.0264. The summed E-state index contributed by atoms with van der Waals surface area (Å²) in [5.41, 5.74) is 0. The van der Waals surface area contributed by atoms with Crippen molar-refractivity contribution in [3.05, 3.63) is 24.3 Å². The van der Waals surface area contributed by atoms with Gasteiger partial charge in [-0.2, -0.15) is 0 Å². The minimum atomic E-state index is -0.656. The molecule has 0 saturated heterocycles. The Morgan fingerprint density at radius 3 is 1.03 bits per heavy atom. The summed E-state index contributed by atoms with van der Waals surface area (Å²) < 4.78 is 0. The third-order valence-electron chi connectivity index (χ3n) is 12.5. The lowest BCUT2D eigenvalue weighted by molar-refractivity contribution is -0.123. The van der Waals surface area contributed by atoms with Crippen LogP contribution in [0, 0.1) is 0 Å². The number of carbonyl (C=O) groups excluding carboxylic acids is 1. The van der Waals surface area contributed by atoms with Crippen LogP contribution in [0.2, 0.25) is 0 Å². The lowest BCUT2D eigenvalue weighted by atomic mass is 10.0. The van der Waals surface area contributed by atoms with Gasteiger partial charge in [-0.1, -0.05) is 269 Å². The van der Waals surface area contributed by atoms with Crippen LogP contribution in [0.3, 0.4) is 0 Å². The fraction of sp³-hybridized carbons (Fsp3) is 0.907. The number of allylic oxidation sites excluding steroid dienone is 4. The Morgan fingerprint density at radius 1 is 0.414 bits per heavy atom. The predicted octanol–water partition coefficient (Wildman–Crippen LogP) is 17.1. The molecule has 0 aromatic rings. The lowest BCUT2D eigenvalue weighted by Gasteiger charge is -2.22. The Hall–Kier alpha value is -1.13. The maximum atomic E-state index is 12.5. The topological polar surface area (TPSA) is 69.6 Å². The minimum Gasteiger partial charge on any atom is -0.394 e. The number of hydrogen-bond donors (Lipinski definition) is 3. The molecule has 0 bridgehead atoms. The maximum absolute atomic E-state index is 12.5. The average Bonchev–Trinajstić information content (AvgIpc) is 3.23. The van der Waals surface area contributed by atoms with E-state index >= 15 is 0 Å². The summed E-state index contributed by atoms with van der Waals surface area (Å²) in [6, 6.07) is -0.533. The molecule has 0 aliphatic rings. The van der Waals surface area contributed by atoms with Crippen LogP contribution in [0.5, 0.6) is 0 Å². The van der Waals surface area contributed by atoms with Crippen LogP contribution in [0.25, 0.3) is 0 Å². The molecule has 0 heterocycles. The van der Waals surface area contributed by atoms with Crippen LogP contribution in [-0.4, -0.2) is 34.9 Å². The van der Waals surface area contributed by atoms with Gasteiger partial charge in [0.25, 0.3) is 0 Å². The summed E-state index contributed by atoms with van der Waals surface area (Å²) in [5, 5.41) is 23.3. The Kier molecular flexibility index (Phi) is 49.2. The van der Waals surface area contributed by atoms with E-state index in [1.807, 2.05) is 0 Å². The van der Waals surface area contributed by atoms with Gasteiger partial charge in [-0.15, -0.1) is 0 Å². The van der Waals surface area contributed by atoms with Gasteiger partial charge in [-0.25, -0.2) is 0 Å². The van der Waals surface area contributed by atoms with Crippen LogP contribution < -0.4 is 5.32 Å². The SMILES string of the molecule is CCCCCCC/C=C\C/C=C\CCCCCCCCCCCCCCCCCCCCCC(=O)NC(CO)C(O)CCCCCCCCCCCCCCCCC. The molecule has 58 heavy (non-hydrogen) atoms. The van der Waals surface area contributed by atoms with Gasteiger partial charge < -0.3 is 15.5 Å². The van der Waals surface area contributed by atoms with Crippen molar-refractivity contribution in [2.45, 2.75) is 309 Å². The monoisotopic (exact) mass is 816 g/mol. The number of carbonyl (C=O) groups is 1. The molecule has 344 valence electrons. The second-order valence-electron chi connectivity index (χ2n) is 18.3. The molecule has 2 unspecified atom stereocenters. The molecule has 3 N–H and O–H groups in total. The summed E-state index contributed by atoms with van der Waals surface area (Å²) in [7, 11) is 0. The van der Waals surface area contributed by atoms with Gasteiger partial charge in [0, 0.05) is 6.42 Å². The van der Waals surface area contributed by atoms with E-state index in [4.69, 9.17) is 0 Å². The first-order valence-corrected chi connectivity index (χ1v) is 26.5. The number of unbranched alkanes of at least 4 members (excludes halogenated alkanes) is 38. The van der Waals surface area contributed by atoms with Gasteiger partial charge in [0.1, 0.15) is 0 Å². The zero-order valence-electron chi connectivity index (χ0n) is 39.6. The van der Waals surface area contributed by atoms with Crippen LogP contribution in [0.4, 0.5) is 0 Å². The molecule has 0 radical (unpaired) electrons. The molecule has 0 saturated carbocycles. The van der Waals surface area contributed by atoms with Crippen molar-refractivity contribution in [1.82, 2.24) is 5.32 Å². The highest BCUT2D eigenvalue weighted by atomic mass is 16.3. The Balaban J connectivity index is 3.41. The summed E-state index contributed by atoms with van der Waals surface area (Å²) in [6.45, 7) is 4.37. The first-order valence-electron chi connectivity index (χ1n) is 26.5. The van der Waals surface area contributed by atoms with Gasteiger partial charge >= 0.3 is 0 Å². The number of rotatable bonds is 49. The molecule has 0 fully saturated rings. The molecule has 0 rings (SSSR count). The number of aliphatic hydroxyl groups excluding tert-OH is 2. The summed E-state index contributed by atoms with van der Waals surface area (Å²) >= 11 is 0. The van der Waals surface area contributed by atoms with E-state index in [-0.39, 0.29) is 12.5 Å². The van der Waals surface area contributed by atoms with Crippen molar-refractivity contribution in [1.29, 1.82) is 0 Å². The molecule has 0 spiro atoms. The van der Waals surface area contributed by atoms with Gasteiger partial charge in [0.05, 0.1) is 18.8 Å². The molecule has 4 nitrogen and oxygen atoms in total. The van der Waals surface area contributed by atoms with Gasteiger partial charge in [-0.05, 0) is 44.9 Å². The normalized spacial score (nSPS) is 13.0. The van der Waals surface area contributed by atoms with Crippen molar-refractivity contribution in [2.75, 3.05) is 6.61 Å². The maximum Gasteiger partial charge on any atom is 0.220 e. The van der Waals surface area contributed by atoms with Crippen molar-refractivity contribution in [3.8, 4) is 0 Å². The number of amides is 1. The van der Waals surface area contributed by atoms with Crippen LogP contribution >= 0.6 is 0 Å². The first kappa shape index (κ1) is 56.9. The van der Waals surface area contributed by atoms with Gasteiger partial charge in [0.2, 0.25) is 5.91 Å². The highest BCUT2D eigenvalue weighted by Gasteiger charge is 2.20. The van der Waals surface area contributed by atoms with E-state index in [2.05, 4.69) is 43.5 Å². The zero-order valence-corrected chi connectivity index (χ0v) is 39.6. The summed E-state index contributed by atoms with van der Waals surface area (Å²) in [6.07, 6.45) is 65.8. The zero-order chi connectivity index (χ0) is 42.1. The molecule has 0 aliphatic heterocycles. The molecular weight excluding hydrogens is 711 g/mol. The predicted molar refractivity (Wildman–Crippen MR) is 258 cm³/mol. The van der Waals surface area contributed by atoms with E-state index in [0.717, 1.165) is 32.1 Å². The lowest BCUT2D eigenvalue weighted by Crippen LogP contribution is -2.45. The minimum absolute atomic E-state index is 0.0264. The number of nitrogens with one attached hydrogen (secondary N) is 1. The second kappa shape index (κ2) is 50.2. The Labute approximate surface area is 364 Å². The molecule has 1 amide bonds. The fourth-order valence-electron chi connectivity index (χ4n) is 8.39. The average molecular weight is 816 g/mol. The number of hydrogen-bond acceptors (Lipinski definition) is 3. The van der Waals surface area contributed by atoms with E-state index < -0.39 is 12.1 Å². The van der Waals surface area contributed by atoms with E-state index in [1.165, 1.54) is 238 Å².